The molecule has 0 aliphatic carbocycles. The standard InChI is InChI=1S/C10H12N4O/c1-14-10-7(9(11)13-14)4-6-5-15-3-2-8(6)12-10/h4H,2-3,5H2,1H3,(H2,11,13). The summed E-state index contributed by atoms with van der Waals surface area (Å²) in [6.07, 6.45) is 0.871. The summed E-state index contributed by atoms with van der Waals surface area (Å²) in [5.74, 6) is 0.536. The number of fused-ring (bicyclic) bond motifs is 2. The topological polar surface area (TPSA) is 66.0 Å². The molecule has 2 aromatic heterocycles. The number of aromatic nitrogens is 3. The van der Waals surface area contributed by atoms with Crippen LogP contribution in [0.2, 0.25) is 0 Å². The Hall–Kier alpha value is -1.62. The molecule has 15 heavy (non-hydrogen) atoms. The lowest BCUT2D eigenvalue weighted by molar-refractivity contribution is 0.109. The molecule has 78 valence electrons. The molecule has 5 nitrogen and oxygen atoms in total. The third-order valence-corrected chi connectivity index (χ3v) is 2.75. The molecule has 5 heteroatoms. The molecule has 1 aliphatic rings. The number of aryl methyl sites for hydroxylation is 1. The summed E-state index contributed by atoms with van der Waals surface area (Å²) >= 11 is 0. The average molecular weight is 204 g/mol. The molecule has 3 heterocycles. The SMILES string of the molecule is Cn1nc(N)c2cc3c(nc21)CCOC3. The van der Waals surface area contributed by atoms with Crippen LogP contribution in [0.5, 0.6) is 0 Å². The zero-order valence-electron chi connectivity index (χ0n) is 8.53. The van der Waals surface area contributed by atoms with Gasteiger partial charge in [-0.3, -0.25) is 0 Å². The van der Waals surface area contributed by atoms with Crippen molar-refractivity contribution in [2.75, 3.05) is 12.3 Å². The van der Waals surface area contributed by atoms with E-state index in [0.29, 0.717) is 12.4 Å². The second-order valence-corrected chi connectivity index (χ2v) is 3.78. The summed E-state index contributed by atoms with van der Waals surface area (Å²) < 4.78 is 7.11. The van der Waals surface area contributed by atoms with E-state index in [2.05, 4.69) is 10.1 Å². The molecule has 0 fully saturated rings. The lowest BCUT2D eigenvalue weighted by Crippen LogP contribution is -2.12. The Kier molecular flexibility index (Phi) is 1.70. The van der Waals surface area contributed by atoms with Crippen LogP contribution in [0.1, 0.15) is 11.3 Å². The average Bonchev–Trinajstić information content (AvgIpc) is 2.52. The number of nitrogen functional groups attached to an aromatic ring is 1. The fourth-order valence-corrected chi connectivity index (χ4v) is 1.97. The van der Waals surface area contributed by atoms with Crippen molar-refractivity contribution in [1.82, 2.24) is 14.8 Å². The number of nitrogens with two attached hydrogens (primary N) is 1. The maximum Gasteiger partial charge on any atom is 0.159 e. The van der Waals surface area contributed by atoms with E-state index in [9.17, 15) is 0 Å². The van der Waals surface area contributed by atoms with Crippen molar-refractivity contribution in [2.45, 2.75) is 13.0 Å². The Labute approximate surface area is 86.8 Å². The summed E-state index contributed by atoms with van der Waals surface area (Å²) in [6.45, 7) is 1.38. The predicted octanol–water partition coefficient (Wildman–Crippen LogP) is 0.623. The summed E-state index contributed by atoms with van der Waals surface area (Å²) in [5.41, 5.74) is 8.89. The van der Waals surface area contributed by atoms with Gasteiger partial charge in [0.2, 0.25) is 0 Å². The Bertz CT molecular complexity index is 486. The molecule has 0 atom stereocenters. The monoisotopic (exact) mass is 204 g/mol. The maximum atomic E-state index is 5.80. The van der Waals surface area contributed by atoms with Gasteiger partial charge in [-0.05, 0) is 6.07 Å². The van der Waals surface area contributed by atoms with Crippen LogP contribution < -0.4 is 5.73 Å². The van der Waals surface area contributed by atoms with E-state index in [1.165, 1.54) is 0 Å². The van der Waals surface area contributed by atoms with Crippen LogP contribution in [0.4, 0.5) is 5.82 Å². The Balaban J connectivity index is 2.32. The molecule has 0 saturated heterocycles. The van der Waals surface area contributed by atoms with Gasteiger partial charge in [-0.1, -0.05) is 0 Å². The first-order chi connectivity index (χ1) is 7.25. The number of hydrogen-bond donors (Lipinski definition) is 1. The Morgan fingerprint density at radius 2 is 2.40 bits per heavy atom. The van der Waals surface area contributed by atoms with Crippen molar-refractivity contribution >= 4 is 16.9 Å². The van der Waals surface area contributed by atoms with E-state index >= 15 is 0 Å². The molecule has 0 saturated carbocycles. The molecule has 2 aromatic rings. The van der Waals surface area contributed by atoms with Gasteiger partial charge in [0.05, 0.1) is 24.3 Å². The quantitative estimate of drug-likeness (QED) is 0.683. The first kappa shape index (κ1) is 8.67. The first-order valence-corrected chi connectivity index (χ1v) is 4.94. The lowest BCUT2D eigenvalue weighted by atomic mass is 10.1. The molecular formula is C10H12N4O. The Morgan fingerprint density at radius 3 is 3.27 bits per heavy atom. The van der Waals surface area contributed by atoms with Gasteiger partial charge in [0.15, 0.2) is 11.5 Å². The number of hydrogen-bond acceptors (Lipinski definition) is 4. The van der Waals surface area contributed by atoms with Crippen molar-refractivity contribution in [2.24, 2.45) is 7.05 Å². The van der Waals surface area contributed by atoms with Crippen LogP contribution in [0, 0.1) is 0 Å². The highest BCUT2D eigenvalue weighted by molar-refractivity contribution is 5.87. The predicted molar refractivity (Wildman–Crippen MR) is 56.3 cm³/mol. The second-order valence-electron chi connectivity index (χ2n) is 3.78. The molecule has 0 bridgehead atoms. The first-order valence-electron chi connectivity index (χ1n) is 4.94. The van der Waals surface area contributed by atoms with Crippen LogP contribution in [0.25, 0.3) is 11.0 Å². The number of nitrogens with zero attached hydrogens (tertiary/aromatic N) is 3. The van der Waals surface area contributed by atoms with Crippen molar-refractivity contribution in [1.29, 1.82) is 0 Å². The van der Waals surface area contributed by atoms with Gasteiger partial charge in [-0.15, -0.1) is 0 Å². The van der Waals surface area contributed by atoms with E-state index in [1.807, 2.05) is 13.1 Å². The van der Waals surface area contributed by atoms with Crippen LogP contribution in [0.3, 0.4) is 0 Å². The molecule has 0 amide bonds. The summed E-state index contributed by atoms with van der Waals surface area (Å²) in [4.78, 5) is 4.58. The molecule has 0 radical (unpaired) electrons. The molecule has 3 rings (SSSR count). The van der Waals surface area contributed by atoms with Crippen molar-refractivity contribution in [3.63, 3.8) is 0 Å². The second kappa shape index (κ2) is 2.93. The van der Waals surface area contributed by atoms with E-state index in [1.54, 1.807) is 4.68 Å². The third-order valence-electron chi connectivity index (χ3n) is 2.75. The molecule has 2 N–H and O–H groups in total. The number of ether oxygens (including phenoxy) is 1. The van der Waals surface area contributed by atoms with Gasteiger partial charge in [-0.2, -0.15) is 5.10 Å². The Morgan fingerprint density at radius 1 is 1.53 bits per heavy atom. The van der Waals surface area contributed by atoms with Crippen molar-refractivity contribution < 1.29 is 4.74 Å². The summed E-state index contributed by atoms with van der Waals surface area (Å²) in [7, 11) is 1.86. The van der Waals surface area contributed by atoms with Gasteiger partial charge < -0.3 is 10.5 Å². The zero-order chi connectivity index (χ0) is 10.4. The van der Waals surface area contributed by atoms with Gasteiger partial charge in [-0.25, -0.2) is 9.67 Å². The van der Waals surface area contributed by atoms with Gasteiger partial charge >= 0.3 is 0 Å². The largest absolute Gasteiger partial charge is 0.382 e. The van der Waals surface area contributed by atoms with Crippen LogP contribution in [0.15, 0.2) is 6.07 Å². The van der Waals surface area contributed by atoms with E-state index < -0.39 is 0 Å². The number of pyridine rings is 1. The highest BCUT2D eigenvalue weighted by Gasteiger charge is 2.15. The van der Waals surface area contributed by atoms with Crippen molar-refractivity contribution in [3.8, 4) is 0 Å². The van der Waals surface area contributed by atoms with Crippen LogP contribution in [-0.2, 0) is 24.8 Å². The van der Waals surface area contributed by atoms with E-state index in [4.69, 9.17) is 10.5 Å². The van der Waals surface area contributed by atoms with Gasteiger partial charge in [0.1, 0.15) is 0 Å². The van der Waals surface area contributed by atoms with E-state index in [-0.39, 0.29) is 0 Å². The molecule has 0 aromatic carbocycles. The van der Waals surface area contributed by atoms with Crippen LogP contribution in [-0.4, -0.2) is 21.4 Å². The third kappa shape index (κ3) is 1.20. The highest BCUT2D eigenvalue weighted by atomic mass is 16.5. The minimum Gasteiger partial charge on any atom is -0.382 e. The van der Waals surface area contributed by atoms with E-state index in [0.717, 1.165) is 35.3 Å². The smallest absolute Gasteiger partial charge is 0.159 e. The van der Waals surface area contributed by atoms with Gasteiger partial charge in [0.25, 0.3) is 0 Å². The maximum absolute atomic E-state index is 5.80. The normalized spacial score (nSPS) is 15.5. The summed E-state index contributed by atoms with van der Waals surface area (Å²) in [6, 6.07) is 2.04. The fourth-order valence-electron chi connectivity index (χ4n) is 1.97. The molecular weight excluding hydrogens is 192 g/mol. The molecule has 1 aliphatic heterocycles. The summed E-state index contributed by atoms with van der Waals surface area (Å²) in [5, 5.41) is 5.07. The zero-order valence-corrected chi connectivity index (χ0v) is 8.53. The minimum absolute atomic E-state index is 0.536. The lowest BCUT2D eigenvalue weighted by Gasteiger charge is -2.15. The van der Waals surface area contributed by atoms with Crippen molar-refractivity contribution in [3.05, 3.63) is 17.3 Å². The molecule has 0 unspecified atom stereocenters. The van der Waals surface area contributed by atoms with Crippen LogP contribution >= 0.6 is 0 Å². The highest BCUT2D eigenvalue weighted by Crippen LogP contribution is 2.24. The number of rotatable bonds is 0. The molecule has 0 spiro atoms. The number of anilines is 1. The van der Waals surface area contributed by atoms with Gasteiger partial charge in [0, 0.05) is 19.0 Å². The fraction of sp³-hybridized carbons (Fsp3) is 0.400. The minimum atomic E-state index is 0.536.